The summed E-state index contributed by atoms with van der Waals surface area (Å²) in [6.07, 6.45) is 3.14. The van der Waals surface area contributed by atoms with Crippen LogP contribution in [-0.4, -0.2) is 15.3 Å². The molecule has 0 spiro atoms. The second-order valence-corrected chi connectivity index (χ2v) is 2.59. The van der Waals surface area contributed by atoms with Crippen molar-refractivity contribution in [3.05, 3.63) is 0 Å². The molecular formula is C5H13NNaO2S-. The Hall–Kier alpha value is 1.07. The smallest absolute Gasteiger partial charge is 1.00 e. The fourth-order valence-electron chi connectivity index (χ4n) is 0.531. The molecule has 5 heteroatoms. The van der Waals surface area contributed by atoms with E-state index >= 15 is 0 Å². The van der Waals surface area contributed by atoms with Crippen LogP contribution in [0, 0.1) is 0 Å². The maximum Gasteiger partial charge on any atom is 1.00 e. The van der Waals surface area contributed by atoms with Gasteiger partial charge in [-0.2, -0.15) is 0 Å². The second-order valence-electron chi connectivity index (χ2n) is 1.84. The molecule has 3 nitrogen and oxygen atoms in total. The summed E-state index contributed by atoms with van der Waals surface area (Å²) in [5.41, 5.74) is 0. The Kier molecular flexibility index (Phi) is 13.7. The first kappa shape index (κ1) is 13.6. The van der Waals surface area contributed by atoms with Gasteiger partial charge in [0.1, 0.15) is 0 Å². The Morgan fingerprint density at radius 3 is 2.60 bits per heavy atom. The molecule has 0 aliphatic rings. The SMILES string of the molecule is CCCCCNS(=O)[O-].[H-].[Na+]. The molecule has 0 aromatic heterocycles. The normalized spacial score (nSPS) is 12.2. The summed E-state index contributed by atoms with van der Waals surface area (Å²) in [7, 11) is 0. The molecule has 0 rings (SSSR count). The van der Waals surface area contributed by atoms with Gasteiger partial charge in [-0.25, -0.2) is 4.72 Å². The molecule has 0 amide bonds. The molecule has 10 heavy (non-hydrogen) atoms. The minimum Gasteiger partial charge on any atom is -1.00 e. The van der Waals surface area contributed by atoms with E-state index in [4.69, 9.17) is 0 Å². The summed E-state index contributed by atoms with van der Waals surface area (Å²) < 4.78 is 22.0. The van der Waals surface area contributed by atoms with E-state index in [1.54, 1.807) is 0 Å². The maximum absolute atomic E-state index is 9.85. The van der Waals surface area contributed by atoms with Crippen LogP contribution in [0.4, 0.5) is 0 Å². The molecule has 1 N–H and O–H groups in total. The van der Waals surface area contributed by atoms with Crippen LogP contribution in [0.2, 0.25) is 0 Å². The molecule has 0 aromatic carbocycles. The van der Waals surface area contributed by atoms with Gasteiger partial charge < -0.3 is 5.98 Å². The average molecular weight is 174 g/mol. The van der Waals surface area contributed by atoms with E-state index in [0.717, 1.165) is 19.3 Å². The van der Waals surface area contributed by atoms with Gasteiger partial charge in [0.15, 0.2) is 0 Å². The number of hydrogen-bond donors (Lipinski definition) is 1. The molecule has 0 fully saturated rings. The van der Waals surface area contributed by atoms with Crippen LogP contribution >= 0.6 is 0 Å². The molecule has 1 atom stereocenters. The first-order valence-electron chi connectivity index (χ1n) is 3.10. The monoisotopic (exact) mass is 174 g/mol. The molecule has 0 aliphatic carbocycles. The van der Waals surface area contributed by atoms with Crippen LogP contribution in [0.25, 0.3) is 0 Å². The Balaban J connectivity index is -0.000000320. The molecule has 0 saturated heterocycles. The second kappa shape index (κ2) is 10.1. The van der Waals surface area contributed by atoms with Crippen molar-refractivity contribution in [3.63, 3.8) is 0 Å². The zero-order valence-electron chi connectivity index (χ0n) is 7.55. The van der Waals surface area contributed by atoms with Crippen molar-refractivity contribution in [2.45, 2.75) is 26.2 Å². The van der Waals surface area contributed by atoms with Gasteiger partial charge in [0.05, 0.1) is 0 Å². The third-order valence-electron chi connectivity index (χ3n) is 1.00. The average Bonchev–Trinajstić information content (AvgIpc) is 1.80. The fourth-order valence-corrected chi connectivity index (χ4v) is 0.842. The Labute approximate surface area is 88.2 Å². The van der Waals surface area contributed by atoms with E-state index in [2.05, 4.69) is 11.6 Å². The van der Waals surface area contributed by atoms with Gasteiger partial charge in [-0.1, -0.05) is 19.8 Å². The van der Waals surface area contributed by atoms with E-state index in [9.17, 15) is 8.76 Å². The van der Waals surface area contributed by atoms with Crippen molar-refractivity contribution < 1.29 is 39.7 Å². The van der Waals surface area contributed by atoms with Crippen molar-refractivity contribution in [2.75, 3.05) is 6.54 Å². The third kappa shape index (κ3) is 11.8. The molecular weight excluding hydrogens is 161 g/mol. The van der Waals surface area contributed by atoms with Crippen LogP contribution in [0.3, 0.4) is 0 Å². The van der Waals surface area contributed by atoms with E-state index in [1.165, 1.54) is 0 Å². The topological polar surface area (TPSA) is 52.2 Å². The summed E-state index contributed by atoms with van der Waals surface area (Å²) in [5, 5.41) is 0. The minimum atomic E-state index is -2.07. The standard InChI is InChI=1S/C5H13NO2S.Na.H/c1-2-3-4-5-6-9(7)8;;/h6H,2-5H2,1H3,(H,7,8);;/q;+1;-1/p-1. The quantitative estimate of drug-likeness (QED) is 0.289. The van der Waals surface area contributed by atoms with Gasteiger partial charge in [-0.3, -0.25) is 4.21 Å². The van der Waals surface area contributed by atoms with Gasteiger partial charge in [-0.15, -0.1) is 0 Å². The number of unbranched alkanes of at least 4 members (excludes halogenated alkanes) is 2. The van der Waals surface area contributed by atoms with Crippen molar-refractivity contribution >= 4 is 11.3 Å². The van der Waals surface area contributed by atoms with Gasteiger partial charge in [0, 0.05) is 17.8 Å². The summed E-state index contributed by atoms with van der Waals surface area (Å²) in [5.74, 6) is 0. The zero-order valence-corrected chi connectivity index (χ0v) is 9.37. The van der Waals surface area contributed by atoms with E-state index < -0.39 is 11.3 Å². The Morgan fingerprint density at radius 2 is 2.20 bits per heavy atom. The third-order valence-corrected chi connectivity index (χ3v) is 1.44. The molecule has 0 aromatic rings. The van der Waals surface area contributed by atoms with Gasteiger partial charge in [0.25, 0.3) is 0 Å². The number of rotatable bonds is 5. The van der Waals surface area contributed by atoms with Crippen LogP contribution in [0.15, 0.2) is 0 Å². The van der Waals surface area contributed by atoms with Crippen molar-refractivity contribution in [1.29, 1.82) is 0 Å². The van der Waals surface area contributed by atoms with Crippen molar-refractivity contribution in [3.8, 4) is 0 Å². The molecule has 0 bridgehead atoms. The van der Waals surface area contributed by atoms with Gasteiger partial charge in [0.2, 0.25) is 0 Å². The van der Waals surface area contributed by atoms with Gasteiger partial charge in [-0.05, 0) is 6.42 Å². The van der Waals surface area contributed by atoms with E-state index in [0.29, 0.717) is 6.54 Å². The minimum absolute atomic E-state index is 0. The van der Waals surface area contributed by atoms with Crippen LogP contribution in [-0.2, 0) is 11.3 Å². The first-order chi connectivity index (χ1) is 4.27. The van der Waals surface area contributed by atoms with E-state index in [-0.39, 0.29) is 31.0 Å². The first-order valence-corrected chi connectivity index (χ1v) is 4.17. The molecule has 58 valence electrons. The van der Waals surface area contributed by atoms with Crippen LogP contribution < -0.4 is 34.3 Å². The summed E-state index contributed by atoms with van der Waals surface area (Å²) in [6.45, 7) is 2.65. The largest absolute Gasteiger partial charge is 1.00 e. The van der Waals surface area contributed by atoms with Gasteiger partial charge >= 0.3 is 29.6 Å². The Morgan fingerprint density at radius 1 is 1.60 bits per heavy atom. The predicted molar refractivity (Wildman–Crippen MR) is 37.6 cm³/mol. The van der Waals surface area contributed by atoms with Crippen LogP contribution in [0.1, 0.15) is 27.6 Å². The van der Waals surface area contributed by atoms with Crippen molar-refractivity contribution in [1.82, 2.24) is 4.72 Å². The molecule has 0 saturated carbocycles. The van der Waals surface area contributed by atoms with E-state index in [1.807, 2.05) is 0 Å². The summed E-state index contributed by atoms with van der Waals surface area (Å²) >= 11 is -2.07. The molecule has 0 heterocycles. The van der Waals surface area contributed by atoms with Crippen molar-refractivity contribution in [2.24, 2.45) is 0 Å². The zero-order chi connectivity index (χ0) is 7.11. The molecule has 0 aliphatic heterocycles. The number of hydrogen-bond acceptors (Lipinski definition) is 2. The fraction of sp³-hybridized carbons (Fsp3) is 1.00. The Bertz CT molecular complexity index is 96.6. The molecule has 1 unspecified atom stereocenters. The summed E-state index contributed by atoms with van der Waals surface area (Å²) in [6, 6.07) is 0. The predicted octanol–water partition coefficient (Wildman–Crippen LogP) is -2.32. The number of nitrogens with one attached hydrogen (secondary N) is 1. The maximum atomic E-state index is 9.85. The summed E-state index contributed by atoms with van der Waals surface area (Å²) in [4.78, 5) is 0. The molecule has 0 radical (unpaired) electrons. The van der Waals surface area contributed by atoms with Crippen LogP contribution in [0.5, 0.6) is 0 Å².